The highest BCUT2D eigenvalue weighted by atomic mass is 32.2. The molecule has 0 aliphatic heterocycles. The van der Waals surface area contributed by atoms with Crippen molar-refractivity contribution in [2.75, 3.05) is 0 Å². The van der Waals surface area contributed by atoms with E-state index in [4.69, 9.17) is 13.9 Å². The fourth-order valence-corrected chi connectivity index (χ4v) is 2.10. The normalized spacial score (nSPS) is 10.6. The number of rotatable bonds is 4. The van der Waals surface area contributed by atoms with Crippen molar-refractivity contribution in [3.8, 4) is 0 Å². The first-order valence-corrected chi connectivity index (χ1v) is 5.64. The predicted octanol–water partition coefficient (Wildman–Crippen LogP) is 3.17. The fraction of sp³-hybridized carbons (Fsp3) is 0.182. The van der Waals surface area contributed by atoms with Crippen LogP contribution in [0.25, 0.3) is 0 Å². The largest absolute Gasteiger partial charge is 0.475 e. The van der Waals surface area contributed by atoms with Gasteiger partial charge in [-0.15, -0.1) is 11.8 Å². The maximum Gasteiger partial charge on any atom is 0.371 e. The lowest BCUT2D eigenvalue weighted by molar-refractivity contribution is 0.0661. The van der Waals surface area contributed by atoms with E-state index in [1.165, 1.54) is 6.07 Å². The molecule has 2 aromatic heterocycles. The molecule has 5 heteroatoms. The van der Waals surface area contributed by atoms with Crippen molar-refractivity contribution in [3.63, 3.8) is 0 Å². The molecule has 0 fully saturated rings. The number of carbonyl (C=O) groups is 1. The summed E-state index contributed by atoms with van der Waals surface area (Å²) >= 11 is 1.55. The summed E-state index contributed by atoms with van der Waals surface area (Å²) in [7, 11) is 0. The van der Waals surface area contributed by atoms with Crippen LogP contribution < -0.4 is 0 Å². The van der Waals surface area contributed by atoms with Crippen molar-refractivity contribution in [2.45, 2.75) is 17.6 Å². The van der Waals surface area contributed by atoms with E-state index >= 15 is 0 Å². The van der Waals surface area contributed by atoms with Gasteiger partial charge in [-0.25, -0.2) is 4.79 Å². The third-order valence-corrected chi connectivity index (χ3v) is 3.22. The highest BCUT2D eigenvalue weighted by molar-refractivity contribution is 7.98. The number of hydrogen-bond donors (Lipinski definition) is 1. The molecule has 0 spiro atoms. The van der Waals surface area contributed by atoms with E-state index in [0.717, 1.165) is 10.7 Å². The minimum absolute atomic E-state index is 0.0282. The van der Waals surface area contributed by atoms with Crippen molar-refractivity contribution in [2.24, 2.45) is 0 Å². The number of aryl methyl sites for hydroxylation is 1. The summed E-state index contributed by atoms with van der Waals surface area (Å²) in [6.07, 6.45) is 1.63. The van der Waals surface area contributed by atoms with Crippen LogP contribution in [0, 0.1) is 6.92 Å². The molecule has 0 aliphatic carbocycles. The van der Waals surface area contributed by atoms with Gasteiger partial charge in [0.2, 0.25) is 5.76 Å². The third kappa shape index (κ3) is 2.30. The molecule has 84 valence electrons. The van der Waals surface area contributed by atoms with Crippen LogP contribution >= 0.6 is 11.8 Å². The highest BCUT2D eigenvalue weighted by Gasteiger charge is 2.10. The molecule has 16 heavy (non-hydrogen) atoms. The van der Waals surface area contributed by atoms with Gasteiger partial charge in [-0.1, -0.05) is 0 Å². The molecular formula is C11H10O4S. The average Bonchev–Trinajstić information content (AvgIpc) is 2.83. The van der Waals surface area contributed by atoms with Crippen LogP contribution in [-0.2, 0) is 5.75 Å². The number of furan rings is 2. The summed E-state index contributed by atoms with van der Waals surface area (Å²) in [5, 5.41) is 8.68. The summed E-state index contributed by atoms with van der Waals surface area (Å²) in [6, 6.07) is 5.01. The Morgan fingerprint density at radius 1 is 1.44 bits per heavy atom. The zero-order valence-electron chi connectivity index (χ0n) is 8.60. The maximum atomic E-state index is 10.6. The quantitative estimate of drug-likeness (QED) is 0.829. The fourth-order valence-electron chi connectivity index (χ4n) is 1.24. The van der Waals surface area contributed by atoms with E-state index in [1.54, 1.807) is 24.1 Å². The van der Waals surface area contributed by atoms with Crippen molar-refractivity contribution in [1.82, 2.24) is 0 Å². The minimum Gasteiger partial charge on any atom is -0.475 e. The number of hydrogen-bond acceptors (Lipinski definition) is 4. The van der Waals surface area contributed by atoms with Crippen LogP contribution in [0.2, 0.25) is 0 Å². The summed E-state index contributed by atoms with van der Waals surface area (Å²) in [5.74, 6) is 1.02. The van der Waals surface area contributed by atoms with Crippen LogP contribution in [-0.4, -0.2) is 11.1 Å². The van der Waals surface area contributed by atoms with Gasteiger partial charge in [-0.2, -0.15) is 0 Å². The molecule has 0 bridgehead atoms. The number of carboxylic acid groups (broad SMARTS) is 1. The van der Waals surface area contributed by atoms with Gasteiger partial charge in [-0.3, -0.25) is 0 Å². The van der Waals surface area contributed by atoms with Crippen LogP contribution in [0.5, 0.6) is 0 Å². The predicted molar refractivity (Wildman–Crippen MR) is 58.7 cm³/mol. The SMILES string of the molecule is Cc1occc1SCc1ccc(C(=O)O)o1. The van der Waals surface area contributed by atoms with Crippen LogP contribution in [0.15, 0.2) is 38.2 Å². The first kappa shape index (κ1) is 10.9. The van der Waals surface area contributed by atoms with Gasteiger partial charge in [0.15, 0.2) is 0 Å². The molecule has 0 amide bonds. The lowest BCUT2D eigenvalue weighted by Crippen LogP contribution is -1.91. The number of aromatic carboxylic acids is 1. The van der Waals surface area contributed by atoms with Gasteiger partial charge in [-0.05, 0) is 25.1 Å². The Morgan fingerprint density at radius 3 is 2.81 bits per heavy atom. The smallest absolute Gasteiger partial charge is 0.371 e. The van der Waals surface area contributed by atoms with Gasteiger partial charge in [0, 0.05) is 4.90 Å². The molecule has 0 unspecified atom stereocenters. The van der Waals surface area contributed by atoms with Crippen molar-refractivity contribution < 1.29 is 18.7 Å². The second-order valence-corrected chi connectivity index (χ2v) is 4.22. The summed E-state index contributed by atoms with van der Waals surface area (Å²) < 4.78 is 10.3. The standard InChI is InChI=1S/C11H10O4S/c1-7-10(4-5-14-7)16-6-8-2-3-9(15-8)11(12)13/h2-5H,6H2,1H3,(H,12,13). The Bertz CT molecular complexity index is 498. The molecule has 2 heterocycles. The topological polar surface area (TPSA) is 63.6 Å². The first-order valence-electron chi connectivity index (χ1n) is 4.65. The van der Waals surface area contributed by atoms with E-state index in [0.29, 0.717) is 11.5 Å². The van der Waals surface area contributed by atoms with Crippen molar-refractivity contribution in [1.29, 1.82) is 0 Å². The lowest BCUT2D eigenvalue weighted by Gasteiger charge is -1.96. The molecule has 2 aromatic rings. The minimum atomic E-state index is -1.05. The molecule has 0 saturated heterocycles. The Morgan fingerprint density at radius 2 is 2.25 bits per heavy atom. The highest BCUT2D eigenvalue weighted by Crippen LogP contribution is 2.27. The monoisotopic (exact) mass is 238 g/mol. The third-order valence-electron chi connectivity index (χ3n) is 2.05. The summed E-state index contributed by atoms with van der Waals surface area (Å²) in [4.78, 5) is 11.6. The Labute approximate surface area is 96.3 Å². The van der Waals surface area contributed by atoms with Gasteiger partial charge >= 0.3 is 5.97 Å². The van der Waals surface area contributed by atoms with E-state index in [9.17, 15) is 4.79 Å². The molecule has 0 atom stereocenters. The van der Waals surface area contributed by atoms with Crippen molar-refractivity contribution >= 4 is 17.7 Å². The molecule has 0 radical (unpaired) electrons. The summed E-state index contributed by atoms with van der Waals surface area (Å²) in [5.41, 5.74) is 0. The van der Waals surface area contributed by atoms with Gasteiger partial charge in [0.05, 0.1) is 12.0 Å². The van der Waals surface area contributed by atoms with Crippen LogP contribution in [0.4, 0.5) is 0 Å². The molecule has 0 aliphatic rings. The molecule has 0 aromatic carbocycles. The average molecular weight is 238 g/mol. The van der Waals surface area contributed by atoms with E-state index < -0.39 is 5.97 Å². The lowest BCUT2D eigenvalue weighted by atomic mass is 10.4. The number of carboxylic acids is 1. The molecule has 2 rings (SSSR count). The van der Waals surface area contributed by atoms with Gasteiger partial charge in [0.25, 0.3) is 0 Å². The summed E-state index contributed by atoms with van der Waals surface area (Å²) in [6.45, 7) is 1.88. The zero-order valence-corrected chi connectivity index (χ0v) is 9.41. The molecule has 0 saturated carbocycles. The van der Waals surface area contributed by atoms with E-state index in [2.05, 4.69) is 0 Å². The zero-order chi connectivity index (χ0) is 11.5. The van der Waals surface area contributed by atoms with E-state index in [1.807, 2.05) is 13.0 Å². The van der Waals surface area contributed by atoms with Crippen LogP contribution in [0.1, 0.15) is 22.1 Å². The molecular weight excluding hydrogens is 228 g/mol. The van der Waals surface area contributed by atoms with Crippen LogP contribution in [0.3, 0.4) is 0 Å². The molecule has 1 N–H and O–H groups in total. The first-order chi connectivity index (χ1) is 7.66. The maximum absolute atomic E-state index is 10.6. The number of thioether (sulfide) groups is 1. The Kier molecular flexibility index (Phi) is 3.05. The van der Waals surface area contributed by atoms with E-state index in [-0.39, 0.29) is 5.76 Å². The van der Waals surface area contributed by atoms with Crippen molar-refractivity contribution in [3.05, 3.63) is 41.7 Å². The second kappa shape index (κ2) is 4.49. The Hall–Kier alpha value is -1.62. The molecule has 4 nitrogen and oxygen atoms in total. The second-order valence-electron chi connectivity index (χ2n) is 3.20. The Balaban J connectivity index is 2.00. The van der Waals surface area contributed by atoms with Gasteiger partial charge in [0.1, 0.15) is 11.5 Å². The van der Waals surface area contributed by atoms with Gasteiger partial charge < -0.3 is 13.9 Å².